The Kier molecular flexibility index (Phi) is 2.11. The van der Waals surface area contributed by atoms with Crippen LogP contribution >= 0.6 is 0 Å². The minimum atomic E-state index is 0.190. The van der Waals surface area contributed by atoms with Crippen molar-refractivity contribution < 1.29 is 0 Å². The van der Waals surface area contributed by atoms with Gasteiger partial charge in [-0.15, -0.1) is 0 Å². The Hall–Kier alpha value is -1.81. The molecule has 0 N–H and O–H groups in total. The summed E-state index contributed by atoms with van der Waals surface area (Å²) in [6.45, 7) is 3.86. The lowest BCUT2D eigenvalue weighted by molar-refractivity contribution is 0.783. The molecule has 1 aromatic rings. The molecule has 4 heteroatoms. The molecular weight excluding hydrogens is 152 g/mol. The van der Waals surface area contributed by atoms with Gasteiger partial charge in [0.2, 0.25) is 5.82 Å². The highest BCUT2D eigenvalue weighted by atomic mass is 15.1. The first-order valence-corrected chi connectivity index (χ1v) is 3.51. The lowest BCUT2D eigenvalue weighted by Crippen LogP contribution is -2.01. The Morgan fingerprint density at radius 3 is 2.58 bits per heavy atom. The maximum atomic E-state index is 8.64. The van der Waals surface area contributed by atoms with E-state index in [4.69, 9.17) is 10.5 Å². The van der Waals surface area contributed by atoms with E-state index in [-0.39, 0.29) is 6.54 Å². The molecule has 0 unspecified atom stereocenters. The molecule has 1 rings (SSSR count). The van der Waals surface area contributed by atoms with E-state index >= 15 is 0 Å². The maximum Gasteiger partial charge on any atom is 0.214 e. The van der Waals surface area contributed by atoms with Crippen LogP contribution in [0.4, 0.5) is 0 Å². The van der Waals surface area contributed by atoms with Crippen LogP contribution in [0.3, 0.4) is 0 Å². The molecule has 0 radical (unpaired) electrons. The zero-order chi connectivity index (χ0) is 9.14. The Labute approximate surface area is 70.7 Å². The van der Waals surface area contributed by atoms with Gasteiger partial charge in [0.25, 0.3) is 0 Å². The van der Waals surface area contributed by atoms with Gasteiger partial charge in [0, 0.05) is 5.69 Å². The van der Waals surface area contributed by atoms with Crippen LogP contribution < -0.4 is 0 Å². The van der Waals surface area contributed by atoms with Crippen LogP contribution in [0.1, 0.15) is 17.2 Å². The third-order valence-corrected chi connectivity index (χ3v) is 1.79. The summed E-state index contributed by atoms with van der Waals surface area (Å²) in [7, 11) is 0. The van der Waals surface area contributed by atoms with Crippen molar-refractivity contribution >= 4 is 0 Å². The Morgan fingerprint density at radius 2 is 2.08 bits per heavy atom. The molecule has 0 atom stereocenters. The molecule has 1 heterocycles. The van der Waals surface area contributed by atoms with Gasteiger partial charge in [-0.25, -0.2) is 4.98 Å². The van der Waals surface area contributed by atoms with E-state index in [1.807, 2.05) is 26.0 Å². The lowest BCUT2D eigenvalue weighted by atomic mass is 10.4. The number of rotatable bonds is 1. The van der Waals surface area contributed by atoms with Gasteiger partial charge in [-0.1, -0.05) is 0 Å². The fraction of sp³-hybridized carbons (Fsp3) is 0.375. The molecular formula is C8H8N4. The van der Waals surface area contributed by atoms with Crippen molar-refractivity contribution in [2.75, 3.05) is 0 Å². The summed E-state index contributed by atoms with van der Waals surface area (Å²) < 4.78 is 1.61. The zero-order valence-corrected chi connectivity index (χ0v) is 7.00. The number of imidazole rings is 1. The van der Waals surface area contributed by atoms with Crippen LogP contribution in [0.2, 0.25) is 0 Å². The number of nitrogens with zero attached hydrogens (tertiary/aromatic N) is 4. The highest BCUT2D eigenvalue weighted by molar-refractivity contribution is 5.23. The number of hydrogen-bond donors (Lipinski definition) is 0. The molecule has 0 bridgehead atoms. The summed E-state index contributed by atoms with van der Waals surface area (Å²) in [5, 5.41) is 17.1. The first-order chi connectivity index (χ1) is 5.70. The zero-order valence-electron chi connectivity index (χ0n) is 7.00. The highest BCUT2D eigenvalue weighted by Crippen LogP contribution is 2.08. The Morgan fingerprint density at radius 1 is 1.42 bits per heavy atom. The highest BCUT2D eigenvalue weighted by Gasteiger charge is 2.08. The van der Waals surface area contributed by atoms with Crippen LogP contribution in [0.25, 0.3) is 0 Å². The van der Waals surface area contributed by atoms with Gasteiger partial charge >= 0.3 is 0 Å². The van der Waals surface area contributed by atoms with Gasteiger partial charge in [-0.05, 0) is 13.8 Å². The first-order valence-electron chi connectivity index (χ1n) is 3.51. The summed E-state index contributed by atoms with van der Waals surface area (Å²) in [6, 6.07) is 3.93. The number of nitriles is 2. The summed E-state index contributed by atoms with van der Waals surface area (Å²) in [5.74, 6) is 0.312. The van der Waals surface area contributed by atoms with Gasteiger partial charge < -0.3 is 4.57 Å². The Bertz CT molecular complexity index is 375. The molecule has 0 aliphatic carbocycles. The second-order valence-electron chi connectivity index (χ2n) is 2.46. The van der Waals surface area contributed by atoms with Crippen molar-refractivity contribution in [3.63, 3.8) is 0 Å². The summed E-state index contributed by atoms with van der Waals surface area (Å²) in [4.78, 5) is 4.00. The van der Waals surface area contributed by atoms with Gasteiger partial charge in [-0.3, -0.25) is 0 Å². The molecule has 0 spiro atoms. The average molecular weight is 160 g/mol. The molecule has 12 heavy (non-hydrogen) atoms. The van der Waals surface area contributed by atoms with E-state index in [0.29, 0.717) is 5.82 Å². The molecule has 0 saturated carbocycles. The van der Waals surface area contributed by atoms with Crippen molar-refractivity contribution in [1.82, 2.24) is 9.55 Å². The van der Waals surface area contributed by atoms with E-state index in [2.05, 4.69) is 4.98 Å². The summed E-state index contributed by atoms with van der Waals surface area (Å²) in [6.07, 6.45) is 0. The smallest absolute Gasteiger partial charge is 0.214 e. The topological polar surface area (TPSA) is 65.4 Å². The molecule has 0 aliphatic rings. The molecule has 0 aliphatic heterocycles. The fourth-order valence-electron chi connectivity index (χ4n) is 1.00. The largest absolute Gasteiger partial charge is 0.306 e. The first kappa shape index (κ1) is 8.29. The minimum absolute atomic E-state index is 0.190. The third kappa shape index (κ3) is 1.15. The monoisotopic (exact) mass is 160 g/mol. The van der Waals surface area contributed by atoms with Crippen molar-refractivity contribution in [3.8, 4) is 12.1 Å². The molecule has 0 aromatic carbocycles. The van der Waals surface area contributed by atoms with Gasteiger partial charge in [-0.2, -0.15) is 10.5 Å². The molecule has 0 amide bonds. The van der Waals surface area contributed by atoms with Crippen molar-refractivity contribution in [1.29, 1.82) is 10.5 Å². The quantitative estimate of drug-likeness (QED) is 0.612. The number of aromatic nitrogens is 2. The van der Waals surface area contributed by atoms with E-state index in [9.17, 15) is 0 Å². The standard InChI is InChI=1S/C8H8N4/c1-6-7(2)12(4-3-9)8(5-10)11-6/h4H2,1-2H3. The van der Waals surface area contributed by atoms with Crippen LogP contribution in [-0.4, -0.2) is 9.55 Å². The van der Waals surface area contributed by atoms with Crippen molar-refractivity contribution in [2.24, 2.45) is 0 Å². The number of hydrogen-bond acceptors (Lipinski definition) is 3. The predicted molar refractivity (Wildman–Crippen MR) is 42.0 cm³/mol. The predicted octanol–water partition coefficient (Wildman–Crippen LogP) is 0.895. The van der Waals surface area contributed by atoms with Gasteiger partial charge in [0.15, 0.2) is 0 Å². The molecule has 60 valence electrons. The second-order valence-corrected chi connectivity index (χ2v) is 2.46. The minimum Gasteiger partial charge on any atom is -0.306 e. The van der Waals surface area contributed by atoms with Crippen LogP contribution in [0.15, 0.2) is 0 Å². The normalized spacial score (nSPS) is 9.00. The van der Waals surface area contributed by atoms with Crippen molar-refractivity contribution in [3.05, 3.63) is 17.2 Å². The average Bonchev–Trinajstić information content (AvgIpc) is 2.33. The van der Waals surface area contributed by atoms with Crippen LogP contribution in [0, 0.1) is 36.5 Å². The van der Waals surface area contributed by atoms with Gasteiger partial charge in [0.1, 0.15) is 12.6 Å². The molecule has 0 fully saturated rings. The fourth-order valence-corrected chi connectivity index (χ4v) is 1.00. The second kappa shape index (κ2) is 3.06. The van der Waals surface area contributed by atoms with Crippen molar-refractivity contribution in [2.45, 2.75) is 20.4 Å². The summed E-state index contributed by atoms with van der Waals surface area (Å²) >= 11 is 0. The molecule has 4 nitrogen and oxygen atoms in total. The van der Waals surface area contributed by atoms with E-state index < -0.39 is 0 Å². The van der Waals surface area contributed by atoms with Crippen LogP contribution in [-0.2, 0) is 6.54 Å². The van der Waals surface area contributed by atoms with Gasteiger partial charge in [0.05, 0.1) is 11.8 Å². The van der Waals surface area contributed by atoms with E-state index in [1.165, 1.54) is 0 Å². The summed E-state index contributed by atoms with van der Waals surface area (Å²) in [5.41, 5.74) is 1.69. The van der Waals surface area contributed by atoms with E-state index in [0.717, 1.165) is 11.4 Å². The number of aryl methyl sites for hydroxylation is 1. The third-order valence-electron chi connectivity index (χ3n) is 1.79. The maximum absolute atomic E-state index is 8.64. The Balaban J connectivity index is 3.26. The SMILES string of the molecule is Cc1nc(C#N)n(CC#N)c1C. The molecule has 1 aromatic heterocycles. The lowest BCUT2D eigenvalue weighted by Gasteiger charge is -1.98. The van der Waals surface area contributed by atoms with E-state index in [1.54, 1.807) is 4.57 Å². The van der Waals surface area contributed by atoms with Crippen LogP contribution in [0.5, 0.6) is 0 Å². The molecule has 0 saturated heterocycles.